The number of rotatable bonds is 6. The number of guanidine groups is 1. The third-order valence-corrected chi connectivity index (χ3v) is 6.25. The summed E-state index contributed by atoms with van der Waals surface area (Å²) in [6, 6.07) is 8.92. The molecule has 1 aromatic heterocycles. The number of fused-ring (bicyclic) bond motifs is 1. The van der Waals surface area contributed by atoms with Crippen LogP contribution in [0.1, 0.15) is 74.3 Å². The summed E-state index contributed by atoms with van der Waals surface area (Å²) in [5, 5.41) is 11.6. The molecule has 176 valence electrons. The first-order chi connectivity index (χ1) is 15.2. The molecule has 1 fully saturated rings. The van der Waals surface area contributed by atoms with Crippen molar-refractivity contribution < 1.29 is 0 Å². The maximum absolute atomic E-state index is 4.95. The van der Waals surface area contributed by atoms with E-state index in [1.54, 1.807) is 0 Å². The van der Waals surface area contributed by atoms with E-state index in [1.165, 1.54) is 49.9 Å². The predicted octanol–water partition coefficient (Wildman–Crippen LogP) is 4.17. The van der Waals surface area contributed by atoms with Gasteiger partial charge in [-0.2, -0.15) is 5.10 Å². The fourth-order valence-electron chi connectivity index (χ4n) is 4.66. The molecule has 0 saturated carbocycles. The van der Waals surface area contributed by atoms with Gasteiger partial charge in [-0.3, -0.25) is 4.90 Å². The normalized spacial score (nSPS) is 19.6. The van der Waals surface area contributed by atoms with Crippen LogP contribution in [-0.2, 0) is 19.6 Å². The van der Waals surface area contributed by atoms with E-state index >= 15 is 0 Å². The molecule has 0 radical (unpaired) electrons. The fourth-order valence-corrected chi connectivity index (χ4v) is 4.66. The van der Waals surface area contributed by atoms with Crippen molar-refractivity contribution in [1.82, 2.24) is 30.3 Å². The summed E-state index contributed by atoms with van der Waals surface area (Å²) in [6.07, 6.45) is 7.53. The number of aromatic nitrogens is 3. The van der Waals surface area contributed by atoms with E-state index in [-0.39, 0.29) is 30.0 Å². The molecule has 2 aliphatic rings. The Morgan fingerprint density at radius 2 is 1.81 bits per heavy atom. The number of nitrogens with one attached hydrogen (secondary N) is 2. The largest absolute Gasteiger partial charge is 0.357 e. The Labute approximate surface area is 209 Å². The minimum absolute atomic E-state index is 0. The summed E-state index contributed by atoms with van der Waals surface area (Å²) >= 11 is 0. The van der Waals surface area contributed by atoms with Crippen molar-refractivity contribution in [3.63, 3.8) is 0 Å². The summed E-state index contributed by atoms with van der Waals surface area (Å²) < 4.78 is 2.04. The molecule has 2 aliphatic heterocycles. The van der Waals surface area contributed by atoms with Gasteiger partial charge in [0, 0.05) is 19.6 Å². The van der Waals surface area contributed by atoms with Crippen LogP contribution in [0.4, 0.5) is 0 Å². The van der Waals surface area contributed by atoms with E-state index in [2.05, 4.69) is 56.8 Å². The molecule has 1 aromatic carbocycles. The molecular weight excluding hydrogens is 513 g/mol. The van der Waals surface area contributed by atoms with Crippen LogP contribution < -0.4 is 10.6 Å². The van der Waals surface area contributed by atoms with Gasteiger partial charge in [-0.05, 0) is 63.7 Å². The first kappa shape index (κ1) is 25.0. The van der Waals surface area contributed by atoms with Crippen LogP contribution in [0, 0.1) is 6.92 Å². The Morgan fingerprint density at radius 3 is 2.56 bits per heavy atom. The average molecular weight is 552 g/mol. The first-order valence-electron chi connectivity index (χ1n) is 12.0. The quantitative estimate of drug-likeness (QED) is 0.321. The van der Waals surface area contributed by atoms with Crippen molar-refractivity contribution in [1.29, 1.82) is 0 Å². The van der Waals surface area contributed by atoms with Gasteiger partial charge in [-0.1, -0.05) is 37.1 Å². The second-order valence-corrected chi connectivity index (χ2v) is 8.73. The highest BCUT2D eigenvalue weighted by Gasteiger charge is 2.24. The van der Waals surface area contributed by atoms with Crippen molar-refractivity contribution in [3.05, 3.63) is 47.0 Å². The molecule has 0 amide bonds. The van der Waals surface area contributed by atoms with Crippen LogP contribution in [0.2, 0.25) is 0 Å². The first-order valence-corrected chi connectivity index (χ1v) is 12.0. The Hall–Kier alpha value is -1.68. The topological polar surface area (TPSA) is 70.4 Å². The third kappa shape index (κ3) is 6.66. The monoisotopic (exact) mass is 551 g/mol. The molecule has 0 bridgehead atoms. The summed E-state index contributed by atoms with van der Waals surface area (Å²) in [4.78, 5) is 12.2. The molecule has 7 nitrogen and oxygen atoms in total. The standard InChI is InChI=1S/C24H37N7.HI/c1-3-25-24(28-22-13-10-16-31-23(22)27-19(2)29-31)26-17-20-11-6-7-12-21(20)18-30-14-8-4-5-9-15-30;/h6-7,11-12,22H,3-5,8-10,13-18H2,1-2H3,(H2,25,26,28);1H. The van der Waals surface area contributed by atoms with Crippen LogP contribution in [0.5, 0.6) is 0 Å². The number of aliphatic imine (C=N–C) groups is 1. The van der Waals surface area contributed by atoms with Gasteiger partial charge in [0.1, 0.15) is 11.6 Å². The summed E-state index contributed by atoms with van der Waals surface area (Å²) in [7, 11) is 0. The molecule has 8 heteroatoms. The van der Waals surface area contributed by atoms with E-state index in [0.29, 0.717) is 6.54 Å². The molecule has 1 atom stereocenters. The van der Waals surface area contributed by atoms with E-state index in [0.717, 1.165) is 50.1 Å². The molecule has 3 heterocycles. The molecule has 32 heavy (non-hydrogen) atoms. The van der Waals surface area contributed by atoms with Crippen LogP contribution in [-0.4, -0.2) is 45.3 Å². The number of hydrogen-bond donors (Lipinski definition) is 2. The average Bonchev–Trinajstić information content (AvgIpc) is 2.98. The van der Waals surface area contributed by atoms with Crippen LogP contribution in [0.15, 0.2) is 29.3 Å². The number of likely N-dealkylation sites (tertiary alicyclic amines) is 1. The number of nitrogens with zero attached hydrogens (tertiary/aromatic N) is 5. The maximum atomic E-state index is 4.95. The number of benzene rings is 1. The lowest BCUT2D eigenvalue weighted by molar-refractivity contribution is 0.276. The van der Waals surface area contributed by atoms with Crippen molar-refractivity contribution in [2.24, 2.45) is 4.99 Å². The van der Waals surface area contributed by atoms with E-state index in [4.69, 9.17) is 4.99 Å². The minimum atomic E-state index is 0. The van der Waals surface area contributed by atoms with Gasteiger partial charge in [0.05, 0.1) is 12.6 Å². The van der Waals surface area contributed by atoms with E-state index in [9.17, 15) is 0 Å². The lowest BCUT2D eigenvalue weighted by Gasteiger charge is -2.25. The second kappa shape index (κ2) is 12.5. The molecule has 4 rings (SSSR count). The van der Waals surface area contributed by atoms with E-state index in [1.807, 2.05) is 11.6 Å². The third-order valence-electron chi connectivity index (χ3n) is 6.25. The Morgan fingerprint density at radius 1 is 1.06 bits per heavy atom. The SMILES string of the molecule is CCNC(=NCc1ccccc1CN1CCCCCC1)NC1CCCn2nc(C)nc21.I. The highest BCUT2D eigenvalue weighted by Crippen LogP contribution is 2.23. The second-order valence-electron chi connectivity index (χ2n) is 8.73. The van der Waals surface area contributed by atoms with Gasteiger partial charge < -0.3 is 10.6 Å². The highest BCUT2D eigenvalue weighted by atomic mass is 127. The Balaban J connectivity index is 0.00000289. The van der Waals surface area contributed by atoms with Gasteiger partial charge >= 0.3 is 0 Å². The molecular formula is C24H38IN7. The Bertz CT molecular complexity index is 871. The van der Waals surface area contributed by atoms with Gasteiger partial charge in [0.2, 0.25) is 0 Å². The molecule has 2 aromatic rings. The van der Waals surface area contributed by atoms with Crippen LogP contribution >= 0.6 is 24.0 Å². The molecule has 1 unspecified atom stereocenters. The van der Waals surface area contributed by atoms with Crippen molar-refractivity contribution in [3.8, 4) is 0 Å². The zero-order chi connectivity index (χ0) is 21.5. The van der Waals surface area contributed by atoms with Gasteiger partial charge in [-0.15, -0.1) is 24.0 Å². The number of aryl methyl sites for hydroxylation is 2. The lowest BCUT2D eigenvalue weighted by atomic mass is 10.1. The maximum Gasteiger partial charge on any atom is 0.192 e. The smallest absolute Gasteiger partial charge is 0.192 e. The van der Waals surface area contributed by atoms with Crippen molar-refractivity contribution in [2.75, 3.05) is 19.6 Å². The van der Waals surface area contributed by atoms with Gasteiger partial charge in [0.15, 0.2) is 5.96 Å². The molecule has 2 N–H and O–H groups in total. The Kier molecular flexibility index (Phi) is 9.77. The minimum Gasteiger partial charge on any atom is -0.357 e. The van der Waals surface area contributed by atoms with Gasteiger partial charge in [0.25, 0.3) is 0 Å². The zero-order valence-corrected chi connectivity index (χ0v) is 21.8. The van der Waals surface area contributed by atoms with Crippen molar-refractivity contribution in [2.45, 2.75) is 78.0 Å². The predicted molar refractivity (Wildman–Crippen MR) is 140 cm³/mol. The summed E-state index contributed by atoms with van der Waals surface area (Å²) in [5.74, 6) is 2.72. The lowest BCUT2D eigenvalue weighted by Crippen LogP contribution is -2.41. The van der Waals surface area contributed by atoms with Gasteiger partial charge in [-0.25, -0.2) is 14.7 Å². The van der Waals surface area contributed by atoms with Crippen LogP contribution in [0.3, 0.4) is 0 Å². The summed E-state index contributed by atoms with van der Waals surface area (Å²) in [6.45, 7) is 9.98. The zero-order valence-electron chi connectivity index (χ0n) is 19.5. The van der Waals surface area contributed by atoms with Crippen LogP contribution in [0.25, 0.3) is 0 Å². The molecule has 0 spiro atoms. The number of halogens is 1. The summed E-state index contributed by atoms with van der Waals surface area (Å²) in [5.41, 5.74) is 2.71. The molecule has 0 aliphatic carbocycles. The van der Waals surface area contributed by atoms with E-state index < -0.39 is 0 Å². The highest BCUT2D eigenvalue weighted by molar-refractivity contribution is 14.0. The number of hydrogen-bond acceptors (Lipinski definition) is 4. The molecule has 1 saturated heterocycles. The fraction of sp³-hybridized carbons (Fsp3) is 0.625. The van der Waals surface area contributed by atoms with Crippen molar-refractivity contribution >= 4 is 29.9 Å².